The lowest BCUT2D eigenvalue weighted by Crippen LogP contribution is -2.25. The number of ether oxygens (including phenoxy) is 2. The highest BCUT2D eigenvalue weighted by atomic mass is 16.5. The van der Waals surface area contributed by atoms with E-state index in [4.69, 9.17) is 9.47 Å². The van der Waals surface area contributed by atoms with E-state index in [0.29, 0.717) is 11.4 Å². The first-order valence-corrected chi connectivity index (χ1v) is 6.67. The first-order valence-electron chi connectivity index (χ1n) is 6.67. The number of anilines is 1. The Morgan fingerprint density at radius 1 is 1.35 bits per heavy atom. The summed E-state index contributed by atoms with van der Waals surface area (Å²) in [6.45, 7) is 3.41. The standard InChI is InChI=1S/C15H20N2O3/c1-11-3-4-14(19-2)13(9-11)17-15(18)16-10-12-5-7-20-8-6-12/h3-4,9-10H,5-8H2,1-2H3,(H2,16,17,18). The third-order valence-corrected chi connectivity index (χ3v) is 3.15. The summed E-state index contributed by atoms with van der Waals surface area (Å²) < 4.78 is 10.5. The SMILES string of the molecule is COc1ccc(C)cc1NC(=O)NC=C1CCOCC1. The van der Waals surface area contributed by atoms with Gasteiger partial charge in [-0.05, 0) is 43.0 Å². The van der Waals surface area contributed by atoms with Gasteiger partial charge in [-0.3, -0.25) is 0 Å². The maximum absolute atomic E-state index is 11.9. The predicted molar refractivity (Wildman–Crippen MR) is 78.0 cm³/mol. The Labute approximate surface area is 119 Å². The molecule has 1 aromatic rings. The molecule has 1 aliphatic rings. The van der Waals surface area contributed by atoms with E-state index in [1.807, 2.05) is 25.1 Å². The third kappa shape index (κ3) is 3.99. The van der Waals surface area contributed by atoms with Gasteiger partial charge in [0.1, 0.15) is 5.75 Å². The van der Waals surface area contributed by atoms with Gasteiger partial charge in [0.25, 0.3) is 0 Å². The Kier molecular flexibility index (Phi) is 5.01. The van der Waals surface area contributed by atoms with Gasteiger partial charge < -0.3 is 20.1 Å². The van der Waals surface area contributed by atoms with E-state index < -0.39 is 0 Å². The van der Waals surface area contributed by atoms with Crippen molar-refractivity contribution in [2.75, 3.05) is 25.6 Å². The van der Waals surface area contributed by atoms with E-state index in [1.165, 1.54) is 5.57 Å². The highest BCUT2D eigenvalue weighted by Gasteiger charge is 2.08. The zero-order valence-electron chi connectivity index (χ0n) is 11.9. The van der Waals surface area contributed by atoms with Gasteiger partial charge in [0.05, 0.1) is 26.0 Å². The molecule has 1 heterocycles. The van der Waals surface area contributed by atoms with Crippen molar-refractivity contribution in [2.45, 2.75) is 19.8 Å². The molecule has 0 saturated carbocycles. The molecule has 0 spiro atoms. The topological polar surface area (TPSA) is 59.6 Å². The summed E-state index contributed by atoms with van der Waals surface area (Å²) in [6.07, 6.45) is 3.50. The van der Waals surface area contributed by atoms with E-state index in [-0.39, 0.29) is 6.03 Å². The maximum Gasteiger partial charge on any atom is 0.323 e. The summed E-state index contributed by atoms with van der Waals surface area (Å²) in [7, 11) is 1.58. The average Bonchev–Trinajstić information content (AvgIpc) is 2.46. The van der Waals surface area contributed by atoms with E-state index in [2.05, 4.69) is 10.6 Å². The zero-order valence-corrected chi connectivity index (χ0v) is 11.9. The molecule has 0 aliphatic carbocycles. The van der Waals surface area contributed by atoms with Crippen molar-refractivity contribution in [3.05, 3.63) is 35.5 Å². The number of carbonyl (C=O) groups excluding carboxylic acids is 1. The van der Waals surface area contributed by atoms with Gasteiger partial charge in [0, 0.05) is 6.20 Å². The molecule has 1 aromatic carbocycles. The fraction of sp³-hybridized carbons (Fsp3) is 0.400. The minimum absolute atomic E-state index is 0.270. The average molecular weight is 276 g/mol. The van der Waals surface area contributed by atoms with E-state index in [1.54, 1.807) is 13.3 Å². The van der Waals surface area contributed by atoms with Crippen LogP contribution in [0.3, 0.4) is 0 Å². The number of amides is 2. The van der Waals surface area contributed by atoms with Crippen LogP contribution in [0.25, 0.3) is 0 Å². The summed E-state index contributed by atoms with van der Waals surface area (Å²) in [5.74, 6) is 0.643. The van der Waals surface area contributed by atoms with Crippen LogP contribution in [-0.4, -0.2) is 26.4 Å². The number of rotatable bonds is 3. The monoisotopic (exact) mass is 276 g/mol. The van der Waals surface area contributed by atoms with Gasteiger partial charge in [-0.15, -0.1) is 0 Å². The molecule has 0 unspecified atom stereocenters. The molecule has 1 fully saturated rings. The van der Waals surface area contributed by atoms with Crippen molar-refractivity contribution < 1.29 is 14.3 Å². The number of methoxy groups -OCH3 is 1. The van der Waals surface area contributed by atoms with Crippen LogP contribution >= 0.6 is 0 Å². The van der Waals surface area contributed by atoms with Crippen molar-refractivity contribution in [1.82, 2.24) is 5.32 Å². The molecule has 2 amide bonds. The second kappa shape index (κ2) is 6.96. The number of nitrogens with one attached hydrogen (secondary N) is 2. The van der Waals surface area contributed by atoms with Crippen LogP contribution in [0.5, 0.6) is 5.75 Å². The number of carbonyl (C=O) groups is 1. The summed E-state index contributed by atoms with van der Waals surface area (Å²) in [4.78, 5) is 11.9. The maximum atomic E-state index is 11.9. The molecular formula is C15H20N2O3. The van der Waals surface area contributed by atoms with Crippen molar-refractivity contribution in [3.63, 3.8) is 0 Å². The third-order valence-electron chi connectivity index (χ3n) is 3.15. The Hall–Kier alpha value is -2.01. The smallest absolute Gasteiger partial charge is 0.323 e. The molecule has 0 radical (unpaired) electrons. The number of hydrogen-bond acceptors (Lipinski definition) is 3. The summed E-state index contributed by atoms with van der Waals surface area (Å²) >= 11 is 0. The van der Waals surface area contributed by atoms with E-state index in [9.17, 15) is 4.79 Å². The van der Waals surface area contributed by atoms with Crippen LogP contribution < -0.4 is 15.4 Å². The number of urea groups is 1. The van der Waals surface area contributed by atoms with Gasteiger partial charge in [0.15, 0.2) is 0 Å². The summed E-state index contributed by atoms with van der Waals surface area (Å²) in [6, 6.07) is 5.38. The molecule has 5 heteroatoms. The predicted octanol–water partition coefficient (Wildman–Crippen LogP) is 2.82. The van der Waals surface area contributed by atoms with Gasteiger partial charge in [-0.25, -0.2) is 4.79 Å². The lowest BCUT2D eigenvalue weighted by atomic mass is 10.1. The Morgan fingerprint density at radius 3 is 2.80 bits per heavy atom. The molecule has 20 heavy (non-hydrogen) atoms. The molecule has 2 N–H and O–H groups in total. The lowest BCUT2D eigenvalue weighted by Gasteiger charge is -2.15. The molecule has 0 bridgehead atoms. The van der Waals surface area contributed by atoms with Gasteiger partial charge in [-0.2, -0.15) is 0 Å². The van der Waals surface area contributed by atoms with Crippen LogP contribution in [0.2, 0.25) is 0 Å². The second-order valence-corrected chi connectivity index (χ2v) is 4.72. The van der Waals surface area contributed by atoms with Crippen LogP contribution in [0.4, 0.5) is 10.5 Å². The van der Waals surface area contributed by atoms with Crippen LogP contribution in [0.1, 0.15) is 18.4 Å². The van der Waals surface area contributed by atoms with E-state index in [0.717, 1.165) is 31.6 Å². The minimum Gasteiger partial charge on any atom is -0.495 e. The summed E-state index contributed by atoms with van der Waals surface area (Å²) in [5, 5.41) is 5.54. The van der Waals surface area contributed by atoms with E-state index >= 15 is 0 Å². The Bertz CT molecular complexity index is 504. The van der Waals surface area contributed by atoms with Crippen LogP contribution in [0, 0.1) is 6.92 Å². The second-order valence-electron chi connectivity index (χ2n) is 4.72. The summed E-state index contributed by atoms with van der Waals surface area (Å²) in [5.41, 5.74) is 2.92. The normalized spacial score (nSPS) is 14.6. The van der Waals surface area contributed by atoms with Crippen molar-refractivity contribution in [3.8, 4) is 5.75 Å². The number of aryl methyl sites for hydroxylation is 1. The molecule has 0 aromatic heterocycles. The molecule has 2 rings (SSSR count). The molecule has 1 saturated heterocycles. The first kappa shape index (κ1) is 14.4. The van der Waals surface area contributed by atoms with Gasteiger partial charge >= 0.3 is 6.03 Å². The zero-order chi connectivity index (χ0) is 14.4. The van der Waals surface area contributed by atoms with Crippen LogP contribution in [0.15, 0.2) is 30.0 Å². The molecule has 108 valence electrons. The fourth-order valence-electron chi connectivity index (χ4n) is 2.02. The fourth-order valence-corrected chi connectivity index (χ4v) is 2.02. The molecule has 1 aliphatic heterocycles. The van der Waals surface area contributed by atoms with Gasteiger partial charge in [0.2, 0.25) is 0 Å². The van der Waals surface area contributed by atoms with Crippen molar-refractivity contribution in [1.29, 1.82) is 0 Å². The first-order chi connectivity index (χ1) is 9.69. The minimum atomic E-state index is -0.270. The van der Waals surface area contributed by atoms with Crippen LogP contribution in [-0.2, 0) is 4.74 Å². The lowest BCUT2D eigenvalue weighted by molar-refractivity contribution is 0.119. The largest absolute Gasteiger partial charge is 0.495 e. The molecule has 5 nitrogen and oxygen atoms in total. The highest BCUT2D eigenvalue weighted by Crippen LogP contribution is 2.25. The quantitative estimate of drug-likeness (QED) is 0.892. The van der Waals surface area contributed by atoms with Crippen molar-refractivity contribution in [2.24, 2.45) is 0 Å². The van der Waals surface area contributed by atoms with Gasteiger partial charge in [-0.1, -0.05) is 6.07 Å². The number of hydrogen-bond donors (Lipinski definition) is 2. The highest BCUT2D eigenvalue weighted by molar-refractivity contribution is 5.91. The number of benzene rings is 1. The Morgan fingerprint density at radius 2 is 2.10 bits per heavy atom. The van der Waals surface area contributed by atoms with Crippen molar-refractivity contribution >= 4 is 11.7 Å². The molecule has 0 atom stereocenters. The molecular weight excluding hydrogens is 256 g/mol. The Balaban J connectivity index is 1.95.